The zero-order valence-corrected chi connectivity index (χ0v) is 14.8. The van der Waals surface area contributed by atoms with E-state index in [0.717, 1.165) is 31.2 Å². The number of hydrogen-bond acceptors (Lipinski definition) is 2. The van der Waals surface area contributed by atoms with Crippen LogP contribution in [0.2, 0.25) is 0 Å². The highest BCUT2D eigenvalue weighted by Crippen LogP contribution is 2.24. The summed E-state index contributed by atoms with van der Waals surface area (Å²) in [7, 11) is 0. The molecule has 128 valence electrons. The van der Waals surface area contributed by atoms with Crippen LogP contribution < -0.4 is 0 Å². The summed E-state index contributed by atoms with van der Waals surface area (Å²) < 4.78 is 0. The number of allylic oxidation sites excluding steroid dienone is 4. The molecule has 0 saturated heterocycles. The van der Waals surface area contributed by atoms with Crippen molar-refractivity contribution in [1.29, 1.82) is 0 Å². The lowest BCUT2D eigenvalue weighted by molar-refractivity contribution is -0.122. The summed E-state index contributed by atoms with van der Waals surface area (Å²) >= 11 is 0. The van der Waals surface area contributed by atoms with Gasteiger partial charge in [0.15, 0.2) is 0 Å². The van der Waals surface area contributed by atoms with Crippen LogP contribution in [0.5, 0.6) is 0 Å². The molecule has 2 heteroatoms. The highest BCUT2D eigenvalue weighted by Gasteiger charge is 2.19. The number of carbonyl (C=O) groups excluding carboxylic acids is 2. The zero-order valence-electron chi connectivity index (χ0n) is 14.8. The predicted octanol–water partition coefficient (Wildman–Crippen LogP) is 5.09. The first kappa shape index (κ1) is 18.4. The van der Waals surface area contributed by atoms with E-state index in [1.807, 2.05) is 42.5 Å². The number of Topliss-reactive ketones (excluding diaryl/α,β-unsaturated/α-hetero) is 2. The maximum Gasteiger partial charge on any atom is 0.139 e. The van der Waals surface area contributed by atoms with Crippen LogP contribution in [0.3, 0.4) is 0 Å². The van der Waals surface area contributed by atoms with E-state index in [1.54, 1.807) is 6.92 Å². The first-order valence-electron chi connectivity index (χ1n) is 8.95. The van der Waals surface area contributed by atoms with Crippen molar-refractivity contribution in [2.24, 2.45) is 11.8 Å². The largest absolute Gasteiger partial charge is 0.299 e. The second-order valence-electron chi connectivity index (χ2n) is 6.87. The molecule has 0 aromatic heterocycles. The Balaban J connectivity index is 1.88. The van der Waals surface area contributed by atoms with E-state index in [4.69, 9.17) is 0 Å². The van der Waals surface area contributed by atoms with Crippen molar-refractivity contribution in [2.75, 3.05) is 0 Å². The molecule has 0 fully saturated rings. The molecule has 1 aliphatic rings. The number of rotatable bonds is 7. The minimum absolute atomic E-state index is 0.141. The lowest BCUT2D eigenvalue weighted by Gasteiger charge is -2.12. The minimum Gasteiger partial charge on any atom is -0.299 e. The third-order valence-electron chi connectivity index (χ3n) is 4.86. The van der Waals surface area contributed by atoms with Crippen molar-refractivity contribution in [1.82, 2.24) is 0 Å². The van der Waals surface area contributed by atoms with Crippen LogP contribution in [-0.4, -0.2) is 11.6 Å². The van der Waals surface area contributed by atoms with Gasteiger partial charge in [0.05, 0.1) is 0 Å². The van der Waals surface area contributed by atoms with Crippen LogP contribution in [0.25, 0.3) is 0 Å². The van der Waals surface area contributed by atoms with Crippen LogP contribution >= 0.6 is 0 Å². The van der Waals surface area contributed by atoms with Crippen molar-refractivity contribution in [3.8, 4) is 0 Å². The van der Waals surface area contributed by atoms with Gasteiger partial charge in [-0.05, 0) is 51.5 Å². The maximum atomic E-state index is 12.4. The monoisotopic (exact) mass is 324 g/mol. The van der Waals surface area contributed by atoms with Crippen LogP contribution in [-0.2, 0) is 16.0 Å². The Bertz CT molecular complexity index is 610. The van der Waals surface area contributed by atoms with Gasteiger partial charge in [-0.1, -0.05) is 54.1 Å². The molecule has 1 aliphatic carbocycles. The Morgan fingerprint density at radius 1 is 1.21 bits per heavy atom. The molecule has 0 saturated carbocycles. The molecule has 0 radical (unpaired) electrons. The summed E-state index contributed by atoms with van der Waals surface area (Å²) in [5.41, 5.74) is 2.55. The fraction of sp³-hybridized carbons (Fsp3) is 0.455. The van der Waals surface area contributed by atoms with Crippen molar-refractivity contribution >= 4 is 11.6 Å². The lowest BCUT2D eigenvalue weighted by atomic mass is 9.91. The number of ketones is 2. The quantitative estimate of drug-likeness (QED) is 0.655. The average molecular weight is 324 g/mol. The molecule has 0 bridgehead atoms. The molecule has 0 amide bonds. The van der Waals surface area contributed by atoms with Gasteiger partial charge >= 0.3 is 0 Å². The standard InChI is InChI=1S/C22H28O2/c1-17-8-6-11-20(15-14-17)22(24)13-7-12-21(18(2)23)16-19-9-4-3-5-10-19/h3-5,7-10,12,20-21H,6,11,13-16H2,1-2H3/b12-7+/t20?,21-/m1/s1. The summed E-state index contributed by atoms with van der Waals surface area (Å²) in [5.74, 6) is 0.500. The van der Waals surface area contributed by atoms with E-state index in [2.05, 4.69) is 13.0 Å². The molecule has 0 N–H and O–H groups in total. The second kappa shape index (κ2) is 9.36. The Hall–Kier alpha value is -1.96. The molecule has 0 heterocycles. The van der Waals surface area contributed by atoms with Crippen LogP contribution in [0, 0.1) is 11.8 Å². The fourth-order valence-corrected chi connectivity index (χ4v) is 3.23. The molecule has 1 aromatic carbocycles. The highest BCUT2D eigenvalue weighted by atomic mass is 16.1. The number of hydrogen-bond donors (Lipinski definition) is 0. The topological polar surface area (TPSA) is 34.1 Å². The molecular weight excluding hydrogens is 296 g/mol. The fourth-order valence-electron chi connectivity index (χ4n) is 3.23. The number of carbonyl (C=O) groups is 2. The minimum atomic E-state index is -0.141. The smallest absolute Gasteiger partial charge is 0.139 e. The molecule has 2 atom stereocenters. The van der Waals surface area contributed by atoms with E-state index < -0.39 is 0 Å². The number of benzene rings is 1. The summed E-state index contributed by atoms with van der Waals surface area (Å²) in [6.07, 6.45) is 11.2. The Labute approximate surface area is 145 Å². The van der Waals surface area contributed by atoms with Crippen LogP contribution in [0.1, 0.15) is 51.5 Å². The highest BCUT2D eigenvalue weighted by molar-refractivity contribution is 5.83. The Morgan fingerprint density at radius 2 is 1.96 bits per heavy atom. The van der Waals surface area contributed by atoms with Crippen molar-refractivity contribution in [3.63, 3.8) is 0 Å². The normalized spacial score (nSPS) is 19.6. The molecule has 0 aliphatic heterocycles. The van der Waals surface area contributed by atoms with Gasteiger partial charge in [0.2, 0.25) is 0 Å². The third-order valence-corrected chi connectivity index (χ3v) is 4.86. The van der Waals surface area contributed by atoms with Gasteiger partial charge in [-0.2, -0.15) is 0 Å². The van der Waals surface area contributed by atoms with Crippen molar-refractivity contribution in [2.45, 2.75) is 52.4 Å². The predicted molar refractivity (Wildman–Crippen MR) is 98.8 cm³/mol. The first-order valence-corrected chi connectivity index (χ1v) is 8.95. The summed E-state index contributed by atoms with van der Waals surface area (Å²) in [6.45, 7) is 3.77. The molecule has 2 nitrogen and oxygen atoms in total. The van der Waals surface area contributed by atoms with Crippen molar-refractivity contribution < 1.29 is 9.59 Å². The zero-order chi connectivity index (χ0) is 17.4. The summed E-state index contributed by atoms with van der Waals surface area (Å²) in [5, 5.41) is 0. The van der Waals surface area contributed by atoms with Gasteiger partial charge in [0.1, 0.15) is 11.6 Å². The van der Waals surface area contributed by atoms with Crippen LogP contribution in [0.4, 0.5) is 0 Å². The van der Waals surface area contributed by atoms with E-state index in [9.17, 15) is 9.59 Å². The van der Waals surface area contributed by atoms with Gasteiger partial charge in [-0.15, -0.1) is 0 Å². The lowest BCUT2D eigenvalue weighted by Crippen LogP contribution is -2.14. The van der Waals surface area contributed by atoms with E-state index in [-0.39, 0.29) is 17.6 Å². The molecule has 2 rings (SSSR count). The molecule has 1 unspecified atom stereocenters. The van der Waals surface area contributed by atoms with Gasteiger partial charge in [-0.3, -0.25) is 9.59 Å². The van der Waals surface area contributed by atoms with E-state index in [1.165, 1.54) is 5.57 Å². The second-order valence-corrected chi connectivity index (χ2v) is 6.87. The molecule has 1 aromatic rings. The van der Waals surface area contributed by atoms with E-state index in [0.29, 0.717) is 18.6 Å². The molecular formula is C22H28O2. The maximum absolute atomic E-state index is 12.4. The average Bonchev–Trinajstić information content (AvgIpc) is 2.79. The van der Waals surface area contributed by atoms with Crippen molar-refractivity contribution in [3.05, 3.63) is 59.7 Å². The van der Waals surface area contributed by atoms with E-state index >= 15 is 0 Å². The molecule has 24 heavy (non-hydrogen) atoms. The van der Waals surface area contributed by atoms with Gasteiger partial charge < -0.3 is 0 Å². The van der Waals surface area contributed by atoms with Crippen LogP contribution in [0.15, 0.2) is 54.1 Å². The third kappa shape index (κ3) is 5.92. The van der Waals surface area contributed by atoms with Gasteiger partial charge in [-0.25, -0.2) is 0 Å². The Kier molecular flexibility index (Phi) is 7.17. The summed E-state index contributed by atoms with van der Waals surface area (Å²) in [6, 6.07) is 10.0. The first-order chi connectivity index (χ1) is 11.6. The Morgan fingerprint density at radius 3 is 2.67 bits per heavy atom. The summed E-state index contributed by atoms with van der Waals surface area (Å²) in [4.78, 5) is 24.3. The van der Waals surface area contributed by atoms with Gasteiger partial charge in [0, 0.05) is 18.3 Å². The molecule has 0 spiro atoms. The van der Waals surface area contributed by atoms with Gasteiger partial charge in [0.25, 0.3) is 0 Å². The SMILES string of the molecule is CC(=O)[C@H](/C=C/CC(=O)C1CCC=C(C)CC1)Cc1ccccc1.